The van der Waals surface area contributed by atoms with Gasteiger partial charge in [-0.1, -0.05) is 82.3 Å². The van der Waals surface area contributed by atoms with Gasteiger partial charge >= 0.3 is 12.2 Å². The third kappa shape index (κ3) is 15.3. The van der Waals surface area contributed by atoms with Crippen LogP contribution >= 0.6 is 21.6 Å². The van der Waals surface area contributed by atoms with Crippen molar-refractivity contribution in [3.63, 3.8) is 0 Å². The van der Waals surface area contributed by atoms with Gasteiger partial charge in [-0.05, 0) is 115 Å². The molecule has 2 aliphatic rings. The van der Waals surface area contributed by atoms with E-state index in [1.807, 2.05) is 92.0 Å². The molecule has 6 aromatic rings. The van der Waals surface area contributed by atoms with E-state index in [2.05, 4.69) is 34.9 Å². The Bertz CT molecular complexity index is 2970. The number of methoxy groups -OCH3 is 6. The molecule has 4 aromatic carbocycles. The van der Waals surface area contributed by atoms with Crippen molar-refractivity contribution >= 4 is 45.6 Å². The number of nitrogens with zero attached hydrogens (tertiary/aromatic N) is 6. The normalized spacial score (nSPS) is 15.6. The second-order valence-electron chi connectivity index (χ2n) is 22.3. The molecule has 4 heterocycles. The lowest BCUT2D eigenvalue weighted by Crippen LogP contribution is -2.54. The van der Waals surface area contributed by atoms with Crippen LogP contribution < -0.4 is 39.1 Å². The van der Waals surface area contributed by atoms with Gasteiger partial charge in [0.2, 0.25) is 23.3 Å². The number of nitrogens with one attached hydrogen (secondary N) is 2. The number of aromatic nitrogens is 4. The standard InChI is InChI=1S/C62H78N8O12S2/c1-61(2,3)81-59(73)63-45(57(71)67-27-29-69-49(47(67)25-23-39-19-15-13-16-20-39)35-43(65-69)41-31-51(75-7)55(79-11)52(32-41)76-8)37-83-84-38-46(64-60(74)82-62(4,5)6)58(72)68-28-30-70-50(48(68)26-24-40-21-17-14-18-22-40)36-44(66-70)42-33-53(77-9)56(80-12)54(34-42)78-10/h13-22,31-36,45-48H,23-30,37-38H2,1-12H3,(H,63,73)(H,64,74)/t45-,46-,47?,48?/m0/s1. The summed E-state index contributed by atoms with van der Waals surface area (Å²) < 4.78 is 49.3. The number of aryl methyl sites for hydroxylation is 2. The minimum absolute atomic E-state index is 0.0836. The molecule has 22 heteroatoms. The summed E-state index contributed by atoms with van der Waals surface area (Å²) in [7, 11) is 12.0. The average molecular weight is 1190 g/mol. The minimum Gasteiger partial charge on any atom is -0.493 e. The quantitative estimate of drug-likeness (QED) is 0.0452. The molecule has 0 aliphatic carbocycles. The van der Waals surface area contributed by atoms with E-state index < -0.39 is 47.6 Å². The molecule has 4 amide bonds. The maximum absolute atomic E-state index is 15.3. The lowest BCUT2D eigenvalue weighted by atomic mass is 9.98. The molecule has 0 spiro atoms. The maximum atomic E-state index is 15.3. The molecular formula is C62H78N8O12S2. The van der Waals surface area contributed by atoms with E-state index >= 15 is 9.59 Å². The first-order valence-corrected chi connectivity index (χ1v) is 30.4. The predicted molar refractivity (Wildman–Crippen MR) is 324 cm³/mol. The van der Waals surface area contributed by atoms with Crippen LogP contribution in [-0.2, 0) is 45.0 Å². The summed E-state index contributed by atoms with van der Waals surface area (Å²) in [5.74, 6) is 2.35. The zero-order valence-corrected chi connectivity index (χ0v) is 51.6. The number of benzene rings is 4. The number of rotatable bonds is 23. The van der Waals surface area contributed by atoms with E-state index in [-0.39, 0.29) is 23.3 Å². The van der Waals surface area contributed by atoms with E-state index in [4.69, 9.17) is 48.1 Å². The van der Waals surface area contributed by atoms with E-state index in [1.54, 1.807) is 84.2 Å². The van der Waals surface area contributed by atoms with Crippen LogP contribution in [0.5, 0.6) is 34.5 Å². The summed E-state index contributed by atoms with van der Waals surface area (Å²) in [6, 6.07) is 28.4. The molecule has 2 aromatic heterocycles. The molecule has 8 rings (SSSR count). The molecule has 450 valence electrons. The van der Waals surface area contributed by atoms with Crippen LogP contribution in [0.15, 0.2) is 97.1 Å². The SMILES string of the molecule is COc1cc(-c2cc3n(n2)CCN(C(=O)[C@H](CSSC[C@H](NC(=O)OC(C)(C)C)C(=O)N2CCn4nc(-c5cc(OC)c(OC)c(OC)c5)cc4C2CCc2ccccc2)NC(=O)OC(C)(C)C)C3CCc2ccccc2)cc(OC)c1OC. The maximum Gasteiger partial charge on any atom is 0.408 e. The van der Waals surface area contributed by atoms with Crippen LogP contribution in [0.2, 0.25) is 0 Å². The fourth-order valence-corrected chi connectivity index (χ4v) is 12.8. The zero-order chi connectivity index (χ0) is 60.3. The summed E-state index contributed by atoms with van der Waals surface area (Å²) in [5, 5.41) is 15.9. The van der Waals surface area contributed by atoms with Gasteiger partial charge in [0.05, 0.1) is 90.6 Å². The second-order valence-corrected chi connectivity index (χ2v) is 24.8. The number of ether oxygens (including phenoxy) is 8. The van der Waals surface area contributed by atoms with Crippen LogP contribution in [0.1, 0.15) is 89.0 Å². The highest BCUT2D eigenvalue weighted by Gasteiger charge is 2.40. The Morgan fingerprint density at radius 3 is 1.17 bits per heavy atom. The van der Waals surface area contributed by atoms with Crippen molar-refractivity contribution in [3.05, 3.63) is 120 Å². The summed E-state index contributed by atoms with van der Waals surface area (Å²) in [5.41, 5.74) is 4.90. The van der Waals surface area contributed by atoms with Gasteiger partial charge in [-0.25, -0.2) is 9.59 Å². The first kappa shape index (κ1) is 62.3. The number of carbonyl (C=O) groups excluding carboxylic acids is 4. The fraction of sp³-hybridized carbons (Fsp3) is 0.452. The van der Waals surface area contributed by atoms with Gasteiger partial charge in [0.15, 0.2) is 23.0 Å². The van der Waals surface area contributed by atoms with Crippen LogP contribution in [0, 0.1) is 0 Å². The van der Waals surface area contributed by atoms with Crippen molar-refractivity contribution in [2.45, 2.75) is 116 Å². The number of hydrogen-bond acceptors (Lipinski definition) is 16. The molecule has 0 saturated heterocycles. The first-order chi connectivity index (χ1) is 40.2. The summed E-state index contributed by atoms with van der Waals surface area (Å²) in [4.78, 5) is 61.8. The number of alkyl carbamates (subject to hydrolysis) is 2. The van der Waals surface area contributed by atoms with Gasteiger partial charge in [-0.15, -0.1) is 0 Å². The molecule has 0 radical (unpaired) electrons. The first-order valence-electron chi connectivity index (χ1n) is 27.9. The Morgan fingerprint density at radius 1 is 0.512 bits per heavy atom. The second kappa shape index (κ2) is 27.8. The molecule has 4 atom stereocenters. The Labute approximate surface area is 499 Å². The molecule has 84 heavy (non-hydrogen) atoms. The van der Waals surface area contributed by atoms with Gasteiger partial charge in [0, 0.05) is 35.7 Å². The van der Waals surface area contributed by atoms with Crippen molar-refractivity contribution in [2.24, 2.45) is 0 Å². The molecule has 2 unspecified atom stereocenters. The average Bonchev–Trinajstić information content (AvgIpc) is 2.74. The van der Waals surface area contributed by atoms with Crippen LogP contribution in [0.25, 0.3) is 22.5 Å². The van der Waals surface area contributed by atoms with E-state index in [1.165, 1.54) is 21.6 Å². The lowest BCUT2D eigenvalue weighted by molar-refractivity contribution is -0.137. The summed E-state index contributed by atoms with van der Waals surface area (Å²) in [6.45, 7) is 11.9. The van der Waals surface area contributed by atoms with Crippen LogP contribution in [0.3, 0.4) is 0 Å². The van der Waals surface area contributed by atoms with E-state index in [9.17, 15) is 9.59 Å². The van der Waals surface area contributed by atoms with Crippen molar-refractivity contribution in [1.82, 2.24) is 40.0 Å². The minimum atomic E-state index is -1.07. The van der Waals surface area contributed by atoms with Crippen LogP contribution in [-0.4, -0.2) is 144 Å². The predicted octanol–water partition coefficient (Wildman–Crippen LogP) is 10.4. The number of amides is 4. The monoisotopic (exact) mass is 1190 g/mol. The Kier molecular flexibility index (Phi) is 20.6. The molecule has 0 saturated carbocycles. The number of fused-ring (bicyclic) bond motifs is 2. The van der Waals surface area contributed by atoms with Crippen molar-refractivity contribution in [1.29, 1.82) is 0 Å². The van der Waals surface area contributed by atoms with Gasteiger partial charge in [0.1, 0.15) is 23.3 Å². The highest BCUT2D eigenvalue weighted by Crippen LogP contribution is 2.44. The van der Waals surface area contributed by atoms with Gasteiger partial charge in [-0.2, -0.15) is 10.2 Å². The largest absolute Gasteiger partial charge is 0.493 e. The topological polar surface area (TPSA) is 208 Å². The molecule has 0 bridgehead atoms. The Balaban J connectivity index is 1.07. The van der Waals surface area contributed by atoms with Gasteiger partial charge < -0.3 is 58.3 Å². The number of carbonyl (C=O) groups is 4. The Hall–Kier alpha value is -7.72. The fourth-order valence-electron chi connectivity index (χ4n) is 10.4. The zero-order valence-electron chi connectivity index (χ0n) is 50.0. The molecule has 2 aliphatic heterocycles. The lowest BCUT2D eigenvalue weighted by Gasteiger charge is -2.38. The summed E-state index contributed by atoms with van der Waals surface area (Å²) in [6.07, 6.45) is 0.891. The third-order valence-electron chi connectivity index (χ3n) is 14.3. The highest BCUT2D eigenvalue weighted by molar-refractivity contribution is 8.76. The highest BCUT2D eigenvalue weighted by atomic mass is 33.1. The van der Waals surface area contributed by atoms with Gasteiger partial charge in [-0.3, -0.25) is 19.0 Å². The smallest absolute Gasteiger partial charge is 0.408 e. The Morgan fingerprint density at radius 2 is 0.857 bits per heavy atom. The van der Waals surface area contributed by atoms with Crippen molar-refractivity contribution in [3.8, 4) is 57.0 Å². The van der Waals surface area contributed by atoms with Crippen molar-refractivity contribution in [2.75, 3.05) is 67.3 Å². The molecule has 2 N–H and O–H groups in total. The molecule has 0 fully saturated rings. The van der Waals surface area contributed by atoms with Crippen LogP contribution in [0.4, 0.5) is 9.59 Å². The molecular weight excluding hydrogens is 1110 g/mol. The van der Waals surface area contributed by atoms with Gasteiger partial charge in [0.25, 0.3) is 0 Å². The number of hydrogen-bond donors (Lipinski definition) is 2. The van der Waals surface area contributed by atoms with Crippen molar-refractivity contribution < 1.29 is 57.1 Å². The van der Waals surface area contributed by atoms with E-state index in [0.29, 0.717) is 97.7 Å². The van der Waals surface area contributed by atoms with E-state index in [0.717, 1.165) is 33.6 Å². The molecule has 20 nitrogen and oxygen atoms in total. The third-order valence-corrected chi connectivity index (χ3v) is 16.7. The summed E-state index contributed by atoms with van der Waals surface area (Å²) >= 11 is 0.